The molecule has 4 heteroatoms. The Morgan fingerprint density at radius 2 is 1.47 bits per heavy atom. The van der Waals surface area contributed by atoms with E-state index < -0.39 is 0 Å². The van der Waals surface area contributed by atoms with Gasteiger partial charge in [0.15, 0.2) is 0 Å². The van der Waals surface area contributed by atoms with Gasteiger partial charge in [0.25, 0.3) is 0 Å². The minimum atomic E-state index is -0.382. The minimum absolute atomic E-state index is 0.0853. The monoisotopic (exact) mass is 454 g/mol. The highest BCUT2D eigenvalue weighted by Crippen LogP contribution is 2.55. The Bertz CT molecular complexity index is 1180. The molecule has 2 heterocycles. The van der Waals surface area contributed by atoms with Crippen LogP contribution in [0.5, 0.6) is 0 Å². The molecular formula is C30H34N2O2. The maximum absolute atomic E-state index is 12.7. The second-order valence-corrected chi connectivity index (χ2v) is 10.0. The first kappa shape index (κ1) is 22.5. The molecule has 0 aliphatic carbocycles. The van der Waals surface area contributed by atoms with Gasteiger partial charge in [-0.2, -0.15) is 0 Å². The number of nitrogens with zero attached hydrogens (tertiary/aromatic N) is 1. The largest absolute Gasteiger partial charge is 0.449 e. The van der Waals surface area contributed by atoms with Gasteiger partial charge in [-0.05, 0) is 42.0 Å². The fraction of sp³-hybridized carbons (Fsp3) is 0.367. The van der Waals surface area contributed by atoms with Gasteiger partial charge < -0.3 is 9.64 Å². The van der Waals surface area contributed by atoms with Crippen LogP contribution in [0.15, 0.2) is 72.8 Å². The number of amides is 1. The van der Waals surface area contributed by atoms with Crippen LogP contribution in [0.4, 0.5) is 16.2 Å². The van der Waals surface area contributed by atoms with E-state index in [1.807, 2.05) is 6.92 Å². The van der Waals surface area contributed by atoms with Gasteiger partial charge in [-0.25, -0.2) is 4.79 Å². The number of benzene rings is 3. The van der Waals surface area contributed by atoms with Crippen molar-refractivity contribution in [2.24, 2.45) is 0 Å². The SMILES string of the molecule is CCCOC(=O)Nc1ccc2c3c1[C@](C)(c1ccccc1)CCN3CC[C@]2(C)c1ccccc1. The lowest BCUT2D eigenvalue weighted by Crippen LogP contribution is -2.47. The Labute approximate surface area is 202 Å². The molecule has 2 aliphatic rings. The first-order valence-corrected chi connectivity index (χ1v) is 12.4. The highest BCUT2D eigenvalue weighted by molar-refractivity contribution is 5.90. The molecular weight excluding hydrogens is 420 g/mol. The van der Waals surface area contributed by atoms with Gasteiger partial charge in [0.1, 0.15) is 0 Å². The number of hydrogen-bond acceptors (Lipinski definition) is 3. The summed E-state index contributed by atoms with van der Waals surface area (Å²) in [5, 5.41) is 3.11. The van der Waals surface area contributed by atoms with Crippen molar-refractivity contribution in [1.82, 2.24) is 0 Å². The van der Waals surface area contributed by atoms with Crippen LogP contribution in [0.2, 0.25) is 0 Å². The molecule has 0 unspecified atom stereocenters. The molecule has 0 radical (unpaired) electrons. The van der Waals surface area contributed by atoms with Crippen molar-refractivity contribution in [3.63, 3.8) is 0 Å². The zero-order valence-electron chi connectivity index (χ0n) is 20.4. The highest BCUT2D eigenvalue weighted by atomic mass is 16.5. The Hall–Kier alpha value is -3.27. The second kappa shape index (κ2) is 8.83. The van der Waals surface area contributed by atoms with Crippen LogP contribution in [0.25, 0.3) is 0 Å². The number of rotatable bonds is 5. The third-order valence-corrected chi connectivity index (χ3v) is 7.90. The second-order valence-electron chi connectivity index (χ2n) is 10.0. The van der Waals surface area contributed by atoms with Gasteiger partial charge in [0.2, 0.25) is 0 Å². The Balaban J connectivity index is 1.72. The first-order chi connectivity index (χ1) is 16.5. The standard InChI is InChI=1S/C30H34N2O2/c1-4-21-34-28(33)31-25-16-15-24-27-26(25)30(3,23-13-9-6-10-14-23)18-20-32(27)19-17-29(24,2)22-11-7-5-8-12-22/h5-16H,4,17-21H2,1-3H3,(H,31,33)/t29-,30+/m1/s1. The summed E-state index contributed by atoms with van der Waals surface area (Å²) in [6, 6.07) is 25.9. The van der Waals surface area contributed by atoms with E-state index in [4.69, 9.17) is 4.74 Å². The summed E-state index contributed by atoms with van der Waals surface area (Å²) in [5.41, 5.74) is 7.00. The number of nitrogens with one attached hydrogen (secondary N) is 1. The lowest BCUT2D eigenvalue weighted by Gasteiger charge is -2.50. The van der Waals surface area contributed by atoms with E-state index in [0.29, 0.717) is 6.61 Å². The molecule has 0 aromatic heterocycles. The molecule has 3 aromatic rings. The van der Waals surface area contributed by atoms with Crippen LogP contribution in [0.3, 0.4) is 0 Å². The van der Waals surface area contributed by atoms with Gasteiger partial charge in [-0.3, -0.25) is 5.32 Å². The quantitative estimate of drug-likeness (QED) is 0.457. The summed E-state index contributed by atoms with van der Waals surface area (Å²) in [7, 11) is 0. The van der Waals surface area contributed by atoms with Crippen LogP contribution >= 0.6 is 0 Å². The fourth-order valence-corrected chi connectivity index (χ4v) is 5.88. The van der Waals surface area contributed by atoms with E-state index in [1.54, 1.807) is 0 Å². The van der Waals surface area contributed by atoms with Gasteiger partial charge in [-0.15, -0.1) is 0 Å². The summed E-state index contributed by atoms with van der Waals surface area (Å²) in [6.07, 6.45) is 2.48. The van der Waals surface area contributed by atoms with Crippen molar-refractivity contribution in [2.75, 3.05) is 29.9 Å². The molecule has 3 aromatic carbocycles. The topological polar surface area (TPSA) is 41.6 Å². The van der Waals surface area contributed by atoms with Crippen molar-refractivity contribution in [3.8, 4) is 0 Å². The number of ether oxygens (including phenoxy) is 1. The molecule has 1 amide bonds. The van der Waals surface area contributed by atoms with Crippen molar-refractivity contribution in [3.05, 3.63) is 95.1 Å². The van der Waals surface area contributed by atoms with Gasteiger partial charge >= 0.3 is 6.09 Å². The maximum atomic E-state index is 12.7. The molecule has 0 fully saturated rings. The minimum Gasteiger partial charge on any atom is -0.449 e. The van der Waals surface area contributed by atoms with Crippen molar-refractivity contribution >= 4 is 17.5 Å². The molecule has 2 atom stereocenters. The van der Waals surface area contributed by atoms with E-state index in [9.17, 15) is 4.79 Å². The molecule has 0 saturated heterocycles. The van der Waals surface area contributed by atoms with Crippen LogP contribution < -0.4 is 10.2 Å². The number of hydrogen-bond donors (Lipinski definition) is 1. The molecule has 0 saturated carbocycles. The average Bonchev–Trinajstić information content (AvgIpc) is 2.88. The molecule has 5 rings (SSSR count). The van der Waals surface area contributed by atoms with Gasteiger partial charge in [-0.1, -0.05) is 87.5 Å². The summed E-state index contributed by atoms with van der Waals surface area (Å²) < 4.78 is 5.40. The molecule has 0 bridgehead atoms. The molecule has 1 N–H and O–H groups in total. The van der Waals surface area contributed by atoms with Crippen molar-refractivity contribution < 1.29 is 9.53 Å². The molecule has 2 aliphatic heterocycles. The number of carbonyl (C=O) groups is 1. The Morgan fingerprint density at radius 1 is 0.882 bits per heavy atom. The zero-order chi connectivity index (χ0) is 23.8. The van der Waals surface area contributed by atoms with Crippen molar-refractivity contribution in [2.45, 2.75) is 50.9 Å². The summed E-state index contributed by atoms with van der Waals surface area (Å²) in [5.74, 6) is 0. The predicted molar refractivity (Wildman–Crippen MR) is 139 cm³/mol. The van der Waals surface area contributed by atoms with E-state index in [1.165, 1.54) is 27.9 Å². The summed E-state index contributed by atoms with van der Waals surface area (Å²) in [4.78, 5) is 15.2. The van der Waals surface area contributed by atoms with E-state index in [-0.39, 0.29) is 16.9 Å². The van der Waals surface area contributed by atoms with Crippen molar-refractivity contribution in [1.29, 1.82) is 0 Å². The average molecular weight is 455 g/mol. The van der Waals surface area contributed by atoms with E-state index in [2.05, 4.69) is 96.9 Å². The molecule has 34 heavy (non-hydrogen) atoms. The number of anilines is 2. The van der Waals surface area contributed by atoms with Crippen LogP contribution in [0.1, 0.15) is 62.3 Å². The summed E-state index contributed by atoms with van der Waals surface area (Å²) >= 11 is 0. The Morgan fingerprint density at radius 3 is 2.09 bits per heavy atom. The van der Waals surface area contributed by atoms with E-state index in [0.717, 1.165) is 38.0 Å². The lowest BCUT2D eigenvalue weighted by atomic mass is 9.64. The van der Waals surface area contributed by atoms with Gasteiger partial charge in [0.05, 0.1) is 12.3 Å². The smallest absolute Gasteiger partial charge is 0.411 e. The van der Waals surface area contributed by atoms with Crippen LogP contribution in [-0.2, 0) is 15.6 Å². The number of carbonyl (C=O) groups excluding carboxylic acids is 1. The molecule has 4 nitrogen and oxygen atoms in total. The van der Waals surface area contributed by atoms with Crippen LogP contribution in [0, 0.1) is 0 Å². The third-order valence-electron chi connectivity index (χ3n) is 7.90. The van der Waals surface area contributed by atoms with Crippen LogP contribution in [-0.4, -0.2) is 25.8 Å². The third kappa shape index (κ3) is 3.66. The molecule has 176 valence electrons. The Kier molecular flexibility index (Phi) is 5.85. The molecule has 0 spiro atoms. The first-order valence-electron chi connectivity index (χ1n) is 12.4. The van der Waals surface area contributed by atoms with E-state index >= 15 is 0 Å². The highest BCUT2D eigenvalue weighted by Gasteiger charge is 2.46. The normalized spacial score (nSPS) is 23.2. The zero-order valence-corrected chi connectivity index (χ0v) is 20.4. The van der Waals surface area contributed by atoms with Gasteiger partial charge in [0, 0.05) is 35.2 Å². The lowest BCUT2D eigenvalue weighted by molar-refractivity contribution is 0.161. The summed E-state index contributed by atoms with van der Waals surface area (Å²) in [6.45, 7) is 9.11. The fourth-order valence-electron chi connectivity index (χ4n) is 5.88. The predicted octanol–water partition coefficient (Wildman–Crippen LogP) is 6.87. The maximum Gasteiger partial charge on any atom is 0.411 e.